The highest BCUT2D eigenvalue weighted by Crippen LogP contribution is 2.31. The number of aromatic nitrogens is 1. The minimum absolute atomic E-state index is 0.00754. The summed E-state index contributed by atoms with van der Waals surface area (Å²) in [4.78, 5) is 17.8. The average molecular weight is 538 g/mol. The first-order valence-corrected chi connectivity index (χ1v) is 14.0. The Morgan fingerprint density at radius 3 is 2.70 bits per heavy atom. The third-order valence-corrected chi connectivity index (χ3v) is 7.55. The lowest BCUT2D eigenvalue weighted by Crippen LogP contribution is -2.45. The number of amidine groups is 3. The van der Waals surface area contributed by atoms with E-state index in [1.165, 1.54) is 0 Å². The van der Waals surface area contributed by atoms with Crippen molar-refractivity contribution in [2.45, 2.75) is 13.0 Å². The Hall–Kier alpha value is -3.90. The van der Waals surface area contributed by atoms with Gasteiger partial charge in [0.15, 0.2) is 0 Å². The molecule has 1 amide bonds. The quantitative estimate of drug-likeness (QED) is 0.276. The van der Waals surface area contributed by atoms with Gasteiger partial charge in [0.25, 0.3) is 5.91 Å². The molecule has 3 heterocycles. The fraction of sp³-hybridized carbons (Fsp3) is 0.200. The first-order valence-electron chi connectivity index (χ1n) is 11.3. The number of hydrogen-bond acceptors (Lipinski definition) is 8. The molecule has 0 bridgehead atoms. The van der Waals surface area contributed by atoms with Gasteiger partial charge in [-0.05, 0) is 30.7 Å². The molecule has 10 nitrogen and oxygen atoms in total. The number of nitrogens with one attached hydrogen (secondary N) is 1. The van der Waals surface area contributed by atoms with Crippen LogP contribution in [0.25, 0.3) is 17.0 Å². The maximum atomic E-state index is 12.8. The summed E-state index contributed by atoms with van der Waals surface area (Å²) < 4.78 is 41.3. The number of nitrogens with zero attached hydrogens (tertiary/aromatic N) is 4. The van der Waals surface area contributed by atoms with Crippen LogP contribution in [0.15, 0.2) is 69.7 Å². The SMILES string of the molecule is COc1cccc(OCCCn2cc(/C=C3/C(=N)N4C(=NC3=O)SN=C4S(C)(=O)=O)c3ccccc32)c1. The van der Waals surface area contributed by atoms with Crippen molar-refractivity contribution in [1.29, 1.82) is 5.41 Å². The number of carbonyl (C=O) groups is 1. The van der Waals surface area contributed by atoms with Gasteiger partial charge < -0.3 is 14.0 Å². The van der Waals surface area contributed by atoms with E-state index in [0.717, 1.165) is 57.5 Å². The standard InChI is InChI=1S/C25H23N5O5S2/c1-34-17-7-5-8-18(14-17)35-12-6-11-29-15-16(19-9-3-4-10-21(19)29)13-20-22(26)30-24(27-23(20)31)36-28-25(30)37(2,32)33/h3-5,7-10,13-15,26H,6,11-12H2,1-2H3/b20-13-,26-22?. The highest BCUT2D eigenvalue weighted by molar-refractivity contribution is 8.16. The van der Waals surface area contributed by atoms with Crippen molar-refractivity contribution in [3.8, 4) is 11.5 Å². The molecular formula is C25H23N5O5S2. The van der Waals surface area contributed by atoms with Crippen LogP contribution in [0.4, 0.5) is 0 Å². The summed E-state index contributed by atoms with van der Waals surface area (Å²) in [5.41, 5.74) is 1.68. The Kier molecular flexibility index (Phi) is 6.61. The van der Waals surface area contributed by atoms with Crippen LogP contribution in [0.2, 0.25) is 0 Å². The highest BCUT2D eigenvalue weighted by Gasteiger charge is 2.41. The summed E-state index contributed by atoms with van der Waals surface area (Å²) in [7, 11) is -2.11. The van der Waals surface area contributed by atoms with Gasteiger partial charge in [0.1, 0.15) is 17.3 Å². The Morgan fingerprint density at radius 2 is 1.92 bits per heavy atom. The fourth-order valence-electron chi connectivity index (χ4n) is 4.08. The van der Waals surface area contributed by atoms with Gasteiger partial charge in [-0.2, -0.15) is 9.39 Å². The van der Waals surface area contributed by atoms with E-state index >= 15 is 0 Å². The van der Waals surface area contributed by atoms with E-state index in [2.05, 4.69) is 14.0 Å². The molecule has 12 heteroatoms. The third kappa shape index (κ3) is 4.89. The largest absolute Gasteiger partial charge is 0.497 e. The predicted octanol–water partition coefficient (Wildman–Crippen LogP) is 3.74. The number of fused-ring (bicyclic) bond motifs is 2. The molecule has 0 aliphatic carbocycles. The van der Waals surface area contributed by atoms with Gasteiger partial charge in [0, 0.05) is 41.5 Å². The molecule has 0 unspecified atom stereocenters. The first-order chi connectivity index (χ1) is 17.8. The van der Waals surface area contributed by atoms with Crippen LogP contribution in [0.3, 0.4) is 0 Å². The monoisotopic (exact) mass is 537 g/mol. The summed E-state index contributed by atoms with van der Waals surface area (Å²) in [6.07, 6.45) is 5.23. The molecule has 190 valence electrons. The molecule has 0 saturated heterocycles. The highest BCUT2D eigenvalue weighted by atomic mass is 32.2. The summed E-state index contributed by atoms with van der Waals surface area (Å²) in [6.45, 7) is 1.16. The molecule has 3 aromatic rings. The van der Waals surface area contributed by atoms with Crippen molar-refractivity contribution in [2.75, 3.05) is 20.0 Å². The zero-order valence-corrected chi connectivity index (χ0v) is 21.7. The van der Waals surface area contributed by atoms with E-state index in [9.17, 15) is 13.2 Å². The van der Waals surface area contributed by atoms with Gasteiger partial charge in [-0.3, -0.25) is 10.2 Å². The number of ether oxygens (including phenoxy) is 2. The average Bonchev–Trinajstić information content (AvgIpc) is 3.46. The predicted molar refractivity (Wildman–Crippen MR) is 145 cm³/mol. The molecule has 37 heavy (non-hydrogen) atoms. The molecule has 1 aromatic heterocycles. The van der Waals surface area contributed by atoms with Crippen molar-refractivity contribution in [3.05, 3.63) is 65.9 Å². The second-order valence-corrected chi connectivity index (χ2v) is 11.0. The number of aryl methyl sites for hydroxylation is 1. The lowest BCUT2D eigenvalue weighted by molar-refractivity contribution is -0.114. The normalized spacial score (nSPS) is 16.7. The Balaban J connectivity index is 1.39. The lowest BCUT2D eigenvalue weighted by atomic mass is 10.1. The van der Waals surface area contributed by atoms with Gasteiger partial charge in [-0.15, -0.1) is 0 Å². The molecule has 0 radical (unpaired) electrons. The van der Waals surface area contributed by atoms with Crippen molar-refractivity contribution in [1.82, 2.24) is 9.47 Å². The van der Waals surface area contributed by atoms with E-state index in [-0.39, 0.29) is 21.7 Å². The number of aliphatic imine (C=N–C) groups is 1. The van der Waals surface area contributed by atoms with E-state index < -0.39 is 15.7 Å². The Labute approximate surface area is 217 Å². The van der Waals surface area contributed by atoms with Crippen LogP contribution in [0.5, 0.6) is 11.5 Å². The molecule has 2 aliphatic rings. The van der Waals surface area contributed by atoms with Gasteiger partial charge >= 0.3 is 0 Å². The van der Waals surface area contributed by atoms with Crippen LogP contribution < -0.4 is 9.47 Å². The van der Waals surface area contributed by atoms with Gasteiger partial charge in [0.05, 0.1) is 31.2 Å². The van der Waals surface area contributed by atoms with Crippen LogP contribution in [0.1, 0.15) is 12.0 Å². The minimum Gasteiger partial charge on any atom is -0.497 e. The number of benzene rings is 2. The number of sulfone groups is 1. The van der Waals surface area contributed by atoms with E-state index in [4.69, 9.17) is 14.9 Å². The zero-order chi connectivity index (χ0) is 26.2. The topological polar surface area (TPSA) is 126 Å². The van der Waals surface area contributed by atoms with Gasteiger partial charge in [-0.1, -0.05) is 24.3 Å². The van der Waals surface area contributed by atoms with Crippen LogP contribution in [-0.4, -0.2) is 59.9 Å². The number of carbonyl (C=O) groups excluding carboxylic acids is 1. The smallest absolute Gasteiger partial charge is 0.283 e. The van der Waals surface area contributed by atoms with E-state index in [1.54, 1.807) is 13.2 Å². The van der Waals surface area contributed by atoms with Crippen molar-refractivity contribution in [3.63, 3.8) is 0 Å². The molecule has 0 fully saturated rings. The maximum absolute atomic E-state index is 12.8. The number of methoxy groups -OCH3 is 1. The molecule has 0 saturated carbocycles. The molecule has 0 spiro atoms. The van der Waals surface area contributed by atoms with Crippen LogP contribution in [-0.2, 0) is 21.2 Å². The van der Waals surface area contributed by atoms with Gasteiger partial charge in [-0.25, -0.2) is 13.3 Å². The minimum atomic E-state index is -3.72. The summed E-state index contributed by atoms with van der Waals surface area (Å²) in [5, 5.41) is 9.24. The summed E-state index contributed by atoms with van der Waals surface area (Å²) >= 11 is 0.768. The molecule has 2 aromatic carbocycles. The number of para-hydroxylation sites is 1. The zero-order valence-electron chi connectivity index (χ0n) is 20.0. The van der Waals surface area contributed by atoms with Crippen LogP contribution >= 0.6 is 11.9 Å². The summed E-state index contributed by atoms with van der Waals surface area (Å²) in [5.74, 6) is 0.576. The lowest BCUT2D eigenvalue weighted by Gasteiger charge is -2.23. The molecule has 2 aliphatic heterocycles. The van der Waals surface area contributed by atoms with Crippen molar-refractivity contribution < 1.29 is 22.7 Å². The second kappa shape index (κ2) is 9.87. The molecule has 1 N–H and O–H groups in total. The number of rotatable bonds is 7. The Morgan fingerprint density at radius 1 is 1.14 bits per heavy atom. The van der Waals surface area contributed by atoms with Crippen molar-refractivity contribution in [2.24, 2.45) is 9.39 Å². The van der Waals surface area contributed by atoms with Crippen LogP contribution in [0, 0.1) is 5.41 Å². The fourth-order valence-corrected chi connectivity index (χ4v) is 5.93. The van der Waals surface area contributed by atoms with Gasteiger partial charge in [0.2, 0.25) is 20.2 Å². The van der Waals surface area contributed by atoms with Crippen molar-refractivity contribution >= 4 is 60.8 Å². The second-order valence-electron chi connectivity index (χ2n) is 8.35. The Bertz CT molecular complexity index is 1620. The third-order valence-electron chi connectivity index (χ3n) is 5.80. The molecular weight excluding hydrogens is 514 g/mol. The molecule has 5 rings (SSSR count). The van der Waals surface area contributed by atoms with E-state index in [0.29, 0.717) is 13.2 Å². The number of amides is 1. The summed E-state index contributed by atoms with van der Waals surface area (Å²) in [6, 6.07) is 15.2. The molecule has 0 atom stereocenters. The van der Waals surface area contributed by atoms with E-state index in [1.807, 2.05) is 54.7 Å². The maximum Gasteiger partial charge on any atom is 0.283 e. The number of hydrogen-bond donors (Lipinski definition) is 1. The first kappa shape index (κ1) is 24.8.